The smallest absolute Gasteiger partial charge is 0.271 e. The second-order valence-electron chi connectivity index (χ2n) is 7.55. The van der Waals surface area contributed by atoms with E-state index in [1.54, 1.807) is 11.3 Å². The van der Waals surface area contributed by atoms with Crippen LogP contribution in [0, 0.1) is 6.92 Å². The molecule has 0 unspecified atom stereocenters. The summed E-state index contributed by atoms with van der Waals surface area (Å²) in [4.78, 5) is 22.2. The molecule has 1 fully saturated rings. The number of benzene rings is 1. The van der Waals surface area contributed by atoms with Gasteiger partial charge in [-0.1, -0.05) is 23.7 Å². The van der Waals surface area contributed by atoms with Crippen LogP contribution in [0.15, 0.2) is 48.0 Å². The number of carbonyl (C=O) groups excluding carboxylic acids is 1. The molecular weight excluding hydrogens is 392 g/mol. The molecule has 0 aliphatic carbocycles. The van der Waals surface area contributed by atoms with Gasteiger partial charge in [-0.15, -0.1) is 11.3 Å². The van der Waals surface area contributed by atoms with Gasteiger partial charge in [0.15, 0.2) is 0 Å². The minimum Gasteiger partial charge on any atom is -0.337 e. The highest BCUT2D eigenvalue weighted by Gasteiger charge is 2.44. The Morgan fingerprint density at radius 1 is 1.14 bits per heavy atom. The molecule has 2 aliphatic heterocycles. The van der Waals surface area contributed by atoms with Crippen molar-refractivity contribution in [2.45, 2.75) is 32.1 Å². The maximum absolute atomic E-state index is 13.2. The molecule has 1 amide bonds. The van der Waals surface area contributed by atoms with E-state index < -0.39 is 0 Å². The van der Waals surface area contributed by atoms with Crippen molar-refractivity contribution in [1.29, 1.82) is 0 Å². The Hall–Kier alpha value is -2.15. The minimum absolute atomic E-state index is 0.102. The van der Waals surface area contributed by atoms with Gasteiger partial charge in [0.05, 0.1) is 29.3 Å². The Balaban J connectivity index is 1.42. The summed E-state index contributed by atoms with van der Waals surface area (Å²) in [6, 6.07) is 12.4. The Labute approximate surface area is 173 Å². The molecule has 2 aromatic heterocycles. The van der Waals surface area contributed by atoms with Crippen LogP contribution < -0.4 is 0 Å². The number of carbonyl (C=O) groups is 1. The third-order valence-corrected chi connectivity index (χ3v) is 6.74. The largest absolute Gasteiger partial charge is 0.337 e. The number of aryl methyl sites for hydroxylation is 1. The van der Waals surface area contributed by atoms with Gasteiger partial charge in [0.25, 0.3) is 5.91 Å². The van der Waals surface area contributed by atoms with Gasteiger partial charge < -0.3 is 9.47 Å². The van der Waals surface area contributed by atoms with Crippen molar-refractivity contribution in [2.24, 2.45) is 0 Å². The molecule has 1 saturated heterocycles. The molecule has 144 valence electrons. The van der Waals surface area contributed by atoms with Crippen LogP contribution in [0.2, 0.25) is 5.02 Å². The van der Waals surface area contributed by atoms with Crippen molar-refractivity contribution < 1.29 is 4.79 Å². The summed E-state index contributed by atoms with van der Waals surface area (Å²) in [6.45, 7) is 5.22. The number of likely N-dealkylation sites (tertiary alicyclic amines) is 1. The van der Waals surface area contributed by atoms with Crippen LogP contribution in [-0.4, -0.2) is 44.4 Å². The summed E-state index contributed by atoms with van der Waals surface area (Å²) in [5.74, 6) is 0.102. The van der Waals surface area contributed by atoms with Gasteiger partial charge in [-0.25, -0.2) is 4.98 Å². The van der Waals surface area contributed by atoms with E-state index in [0.717, 1.165) is 41.1 Å². The lowest BCUT2D eigenvalue weighted by Gasteiger charge is -2.38. The molecule has 0 spiro atoms. The molecule has 2 atom stereocenters. The molecule has 28 heavy (non-hydrogen) atoms. The standard InChI is InChI=1S/C21H21ClN4OS/c1-14-23-17(13-28-14)10-26-20-12-24(9-15-4-6-16(22)7-5-15)11-19(20)25-8-2-3-18(25)21(26)27/h2-8,13,19-20H,9-12H2,1H3/t19-,20+/m1/s1. The van der Waals surface area contributed by atoms with Crippen molar-refractivity contribution >= 4 is 28.8 Å². The van der Waals surface area contributed by atoms with Gasteiger partial charge in [0.2, 0.25) is 0 Å². The molecular formula is C21H21ClN4OS. The number of fused-ring (bicyclic) bond motifs is 3. The Kier molecular flexibility index (Phi) is 4.50. The van der Waals surface area contributed by atoms with E-state index in [4.69, 9.17) is 11.6 Å². The van der Waals surface area contributed by atoms with Crippen LogP contribution in [0.3, 0.4) is 0 Å². The first-order valence-electron chi connectivity index (χ1n) is 9.44. The number of amides is 1. The molecule has 0 radical (unpaired) electrons. The van der Waals surface area contributed by atoms with E-state index in [1.807, 2.05) is 42.3 Å². The van der Waals surface area contributed by atoms with Gasteiger partial charge in [-0.05, 0) is 36.8 Å². The molecule has 7 heteroatoms. The van der Waals surface area contributed by atoms with E-state index in [2.05, 4.69) is 32.0 Å². The second-order valence-corrected chi connectivity index (χ2v) is 9.05. The third kappa shape index (κ3) is 3.15. The highest BCUT2D eigenvalue weighted by atomic mass is 35.5. The lowest BCUT2D eigenvalue weighted by molar-refractivity contribution is 0.0553. The summed E-state index contributed by atoms with van der Waals surface area (Å²) in [5.41, 5.74) is 3.00. The monoisotopic (exact) mass is 412 g/mol. The topological polar surface area (TPSA) is 41.4 Å². The van der Waals surface area contributed by atoms with Crippen molar-refractivity contribution in [2.75, 3.05) is 13.1 Å². The quantitative estimate of drug-likeness (QED) is 0.650. The average molecular weight is 413 g/mol. The van der Waals surface area contributed by atoms with Crippen LogP contribution in [0.25, 0.3) is 0 Å². The van der Waals surface area contributed by atoms with E-state index >= 15 is 0 Å². The minimum atomic E-state index is 0.102. The Morgan fingerprint density at radius 2 is 1.93 bits per heavy atom. The molecule has 1 aromatic carbocycles. The molecule has 0 N–H and O–H groups in total. The zero-order chi connectivity index (χ0) is 19.3. The highest BCUT2D eigenvalue weighted by molar-refractivity contribution is 7.09. The maximum Gasteiger partial charge on any atom is 0.271 e. The first-order chi connectivity index (χ1) is 13.6. The molecule has 5 rings (SSSR count). The van der Waals surface area contributed by atoms with Gasteiger partial charge in [-0.2, -0.15) is 0 Å². The predicted molar refractivity (Wildman–Crippen MR) is 111 cm³/mol. The first-order valence-corrected chi connectivity index (χ1v) is 10.7. The number of aromatic nitrogens is 2. The summed E-state index contributed by atoms with van der Waals surface area (Å²) in [5, 5.41) is 3.85. The summed E-state index contributed by atoms with van der Waals surface area (Å²) in [6.07, 6.45) is 2.04. The van der Waals surface area contributed by atoms with Gasteiger partial charge >= 0.3 is 0 Å². The SMILES string of the molecule is Cc1nc(CN2C(=O)c3cccn3[C@@H]3CN(Cc4ccc(Cl)cc4)C[C@@H]32)cs1. The van der Waals surface area contributed by atoms with Gasteiger partial charge in [0.1, 0.15) is 5.69 Å². The summed E-state index contributed by atoms with van der Waals surface area (Å²) < 4.78 is 2.16. The normalized spacial score (nSPS) is 21.8. The molecule has 3 aromatic rings. The lowest BCUT2D eigenvalue weighted by atomic mass is 10.1. The number of hydrogen-bond acceptors (Lipinski definition) is 4. The van der Waals surface area contributed by atoms with Crippen molar-refractivity contribution in [3.05, 3.63) is 75.0 Å². The fraction of sp³-hybridized carbons (Fsp3) is 0.333. The molecule has 5 nitrogen and oxygen atoms in total. The zero-order valence-electron chi connectivity index (χ0n) is 15.6. The number of rotatable bonds is 4. The molecule has 2 aliphatic rings. The summed E-state index contributed by atoms with van der Waals surface area (Å²) >= 11 is 7.65. The Bertz CT molecular complexity index is 1010. The highest BCUT2D eigenvalue weighted by Crippen LogP contribution is 2.35. The zero-order valence-corrected chi connectivity index (χ0v) is 17.2. The van der Waals surface area contributed by atoms with E-state index in [-0.39, 0.29) is 18.0 Å². The van der Waals surface area contributed by atoms with Gasteiger partial charge in [-0.3, -0.25) is 9.69 Å². The van der Waals surface area contributed by atoms with Crippen LogP contribution in [0.5, 0.6) is 0 Å². The fourth-order valence-corrected chi connectivity index (χ4v) is 5.14. The predicted octanol–water partition coefficient (Wildman–Crippen LogP) is 3.99. The number of thiazole rings is 1. The Morgan fingerprint density at radius 3 is 2.68 bits per heavy atom. The number of halogens is 1. The van der Waals surface area contributed by atoms with E-state index in [0.29, 0.717) is 6.54 Å². The van der Waals surface area contributed by atoms with Crippen LogP contribution in [0.1, 0.15) is 32.8 Å². The van der Waals surface area contributed by atoms with Gasteiger partial charge in [0, 0.05) is 36.2 Å². The van der Waals surface area contributed by atoms with Crippen LogP contribution >= 0.6 is 22.9 Å². The maximum atomic E-state index is 13.2. The number of hydrogen-bond donors (Lipinski definition) is 0. The second kappa shape index (κ2) is 7.03. The van der Waals surface area contributed by atoms with Crippen LogP contribution in [-0.2, 0) is 13.1 Å². The van der Waals surface area contributed by atoms with E-state index in [9.17, 15) is 4.79 Å². The van der Waals surface area contributed by atoms with Crippen LogP contribution in [0.4, 0.5) is 0 Å². The third-order valence-electron chi connectivity index (χ3n) is 5.67. The number of nitrogens with zero attached hydrogens (tertiary/aromatic N) is 4. The average Bonchev–Trinajstić information content (AvgIpc) is 3.40. The van der Waals surface area contributed by atoms with Crippen molar-refractivity contribution in [1.82, 2.24) is 19.4 Å². The summed E-state index contributed by atoms with van der Waals surface area (Å²) in [7, 11) is 0. The van der Waals surface area contributed by atoms with Crippen molar-refractivity contribution in [3.8, 4) is 0 Å². The first kappa shape index (κ1) is 17.9. The molecule has 4 heterocycles. The fourth-order valence-electron chi connectivity index (χ4n) is 4.41. The molecule has 0 saturated carbocycles. The van der Waals surface area contributed by atoms with Crippen molar-refractivity contribution in [3.63, 3.8) is 0 Å². The van der Waals surface area contributed by atoms with E-state index in [1.165, 1.54) is 5.56 Å². The molecule has 0 bridgehead atoms. The lowest BCUT2D eigenvalue weighted by Crippen LogP contribution is -2.49.